The second-order valence-electron chi connectivity index (χ2n) is 6.90. The summed E-state index contributed by atoms with van der Waals surface area (Å²) in [7, 11) is 0. The van der Waals surface area contributed by atoms with Crippen molar-refractivity contribution in [3.05, 3.63) is 34.2 Å². The van der Waals surface area contributed by atoms with Crippen LogP contribution < -0.4 is 5.56 Å². The van der Waals surface area contributed by atoms with Crippen molar-refractivity contribution in [1.29, 1.82) is 0 Å². The Morgan fingerprint density at radius 2 is 2.07 bits per heavy atom. The number of carboxylic acid groups (broad SMARTS) is 1. The minimum Gasteiger partial charge on any atom is -0.483 e. The zero-order valence-electron chi connectivity index (χ0n) is 16.0. The monoisotopic (exact) mass is 382 g/mol. The van der Waals surface area contributed by atoms with E-state index in [2.05, 4.69) is 0 Å². The number of aryl methyl sites for hydroxylation is 1. The number of aliphatic hydroxyl groups excluding tert-OH is 2. The zero-order valence-corrected chi connectivity index (χ0v) is 16.0. The molecule has 1 aromatic rings. The molecule has 0 aliphatic carbocycles. The van der Waals surface area contributed by atoms with Gasteiger partial charge in [-0.1, -0.05) is 19.4 Å². The molecule has 1 aromatic heterocycles. The maximum atomic E-state index is 12.6. The first kappa shape index (κ1) is 22.9. The van der Waals surface area contributed by atoms with Crippen molar-refractivity contribution in [2.75, 3.05) is 19.7 Å². The fraction of sp³-hybridized carbons (Fsp3) is 0.632. The molecule has 1 amide bonds. The molecule has 0 bridgehead atoms. The fourth-order valence-corrected chi connectivity index (χ4v) is 3.62. The van der Waals surface area contributed by atoms with Gasteiger partial charge in [0.2, 0.25) is 5.91 Å². The minimum atomic E-state index is -0.623. The van der Waals surface area contributed by atoms with E-state index in [-0.39, 0.29) is 31.0 Å². The van der Waals surface area contributed by atoms with Crippen molar-refractivity contribution < 1.29 is 24.9 Å². The van der Waals surface area contributed by atoms with Crippen LogP contribution >= 0.6 is 0 Å². The number of pyridine rings is 1. The van der Waals surface area contributed by atoms with Crippen LogP contribution in [0.15, 0.2) is 23.0 Å². The molecule has 1 aliphatic heterocycles. The fourth-order valence-electron chi connectivity index (χ4n) is 3.62. The Bertz CT molecular complexity index is 674. The first-order chi connectivity index (χ1) is 12.8. The molecule has 0 radical (unpaired) electrons. The lowest BCUT2D eigenvalue weighted by atomic mass is 9.74. The molecule has 2 rings (SSSR count). The third-order valence-corrected chi connectivity index (χ3v) is 5.12. The number of aromatic nitrogens is 1. The summed E-state index contributed by atoms with van der Waals surface area (Å²) in [5.41, 5.74) is 0.106. The summed E-state index contributed by atoms with van der Waals surface area (Å²) in [6, 6.07) is 5.05. The topological polar surface area (TPSA) is 120 Å². The third-order valence-electron chi connectivity index (χ3n) is 5.12. The Kier molecular flexibility index (Phi) is 9.17. The molecule has 2 atom stereocenters. The van der Waals surface area contributed by atoms with Crippen molar-refractivity contribution in [2.24, 2.45) is 5.41 Å². The van der Waals surface area contributed by atoms with Crippen LogP contribution in [0, 0.1) is 12.3 Å². The van der Waals surface area contributed by atoms with E-state index in [0.717, 1.165) is 12.1 Å². The predicted octanol–water partition coefficient (Wildman–Crippen LogP) is 0.620. The summed E-state index contributed by atoms with van der Waals surface area (Å²) in [5, 5.41) is 27.0. The molecular formula is C19H30N2O6. The number of rotatable bonds is 6. The maximum Gasteiger partial charge on any atom is 0.290 e. The predicted molar refractivity (Wildman–Crippen MR) is 100 cm³/mol. The van der Waals surface area contributed by atoms with E-state index < -0.39 is 11.5 Å². The molecule has 27 heavy (non-hydrogen) atoms. The maximum absolute atomic E-state index is 12.6. The zero-order chi connectivity index (χ0) is 20.4. The number of hydrogen-bond acceptors (Lipinski definition) is 5. The van der Waals surface area contributed by atoms with Gasteiger partial charge in [-0.2, -0.15) is 0 Å². The molecule has 0 spiro atoms. The molecule has 0 unspecified atom stereocenters. The molecule has 152 valence electrons. The van der Waals surface area contributed by atoms with Gasteiger partial charge in [0, 0.05) is 43.2 Å². The van der Waals surface area contributed by atoms with Crippen LogP contribution in [0.5, 0.6) is 0 Å². The lowest BCUT2D eigenvalue weighted by molar-refractivity contribution is -0.142. The van der Waals surface area contributed by atoms with Gasteiger partial charge in [0.25, 0.3) is 12.0 Å². The van der Waals surface area contributed by atoms with Crippen molar-refractivity contribution in [3.8, 4) is 0 Å². The highest BCUT2D eigenvalue weighted by molar-refractivity contribution is 5.76. The highest BCUT2D eigenvalue weighted by atomic mass is 16.3. The molecule has 0 saturated carbocycles. The van der Waals surface area contributed by atoms with E-state index in [1.807, 2.05) is 19.9 Å². The Morgan fingerprint density at radius 3 is 2.63 bits per heavy atom. The smallest absolute Gasteiger partial charge is 0.290 e. The summed E-state index contributed by atoms with van der Waals surface area (Å²) < 4.78 is 1.60. The minimum absolute atomic E-state index is 0.0361. The van der Waals surface area contributed by atoms with Gasteiger partial charge in [-0.05, 0) is 25.8 Å². The van der Waals surface area contributed by atoms with Crippen molar-refractivity contribution in [1.82, 2.24) is 9.47 Å². The van der Waals surface area contributed by atoms with Crippen LogP contribution in [-0.2, 0) is 16.1 Å². The Hall–Kier alpha value is -2.19. The second-order valence-corrected chi connectivity index (χ2v) is 6.90. The summed E-state index contributed by atoms with van der Waals surface area (Å²) in [4.78, 5) is 34.5. The van der Waals surface area contributed by atoms with Crippen LogP contribution in [0.2, 0.25) is 0 Å². The number of nitrogens with zero attached hydrogens (tertiary/aromatic N) is 2. The summed E-state index contributed by atoms with van der Waals surface area (Å²) in [6.07, 6.45) is 1.68. The molecule has 8 nitrogen and oxygen atoms in total. The van der Waals surface area contributed by atoms with Crippen LogP contribution in [0.3, 0.4) is 0 Å². The molecule has 1 aliphatic rings. The van der Waals surface area contributed by atoms with E-state index in [9.17, 15) is 19.8 Å². The number of piperidine rings is 1. The largest absolute Gasteiger partial charge is 0.483 e. The molecule has 3 N–H and O–H groups in total. The summed E-state index contributed by atoms with van der Waals surface area (Å²) in [6.45, 7) is 4.71. The standard InChI is InChI=1S/C18H28N2O4.CH2O2/c1-3-9-18(13-21)12-19(10-7-15(18)22)16(23)8-11-20-14(2)5-4-6-17(20)24;2-1-3/h4-6,15,21-22H,3,7-13H2,1-2H3;1H,(H,2,3)/t15-,18+;/m1./s1. The number of carbonyl (C=O) groups excluding carboxylic acids is 1. The molecule has 1 saturated heterocycles. The summed E-state index contributed by atoms with van der Waals surface area (Å²) >= 11 is 0. The number of amides is 1. The lowest BCUT2D eigenvalue weighted by Crippen LogP contribution is -2.55. The molecule has 1 fully saturated rings. The van der Waals surface area contributed by atoms with Crippen LogP contribution in [0.4, 0.5) is 0 Å². The number of hydrogen-bond donors (Lipinski definition) is 3. The van der Waals surface area contributed by atoms with Crippen molar-refractivity contribution in [2.45, 2.75) is 52.2 Å². The third kappa shape index (κ3) is 5.90. The van der Waals surface area contributed by atoms with Gasteiger partial charge in [-0.3, -0.25) is 14.4 Å². The van der Waals surface area contributed by atoms with Crippen molar-refractivity contribution in [3.63, 3.8) is 0 Å². The SMILES string of the molecule is CCC[C@@]1(CO)CN(C(=O)CCn2c(C)cccc2=O)CC[C@H]1O.O=CO. The van der Waals surface area contributed by atoms with Gasteiger partial charge in [-0.25, -0.2) is 0 Å². The Labute approximate surface area is 159 Å². The first-order valence-electron chi connectivity index (χ1n) is 9.16. The lowest BCUT2D eigenvalue weighted by Gasteiger charge is -2.45. The number of carbonyl (C=O) groups is 2. The van der Waals surface area contributed by atoms with Gasteiger partial charge >= 0.3 is 0 Å². The molecule has 2 heterocycles. The Morgan fingerprint density at radius 1 is 1.41 bits per heavy atom. The van der Waals surface area contributed by atoms with E-state index in [1.165, 1.54) is 6.07 Å². The molecular weight excluding hydrogens is 352 g/mol. The molecule has 0 aromatic carbocycles. The van der Waals surface area contributed by atoms with Gasteiger partial charge in [0.15, 0.2) is 0 Å². The quantitative estimate of drug-likeness (QED) is 0.621. The highest BCUT2D eigenvalue weighted by Crippen LogP contribution is 2.34. The average molecular weight is 382 g/mol. The highest BCUT2D eigenvalue weighted by Gasteiger charge is 2.42. The van der Waals surface area contributed by atoms with Gasteiger partial charge in [-0.15, -0.1) is 0 Å². The summed E-state index contributed by atoms with van der Waals surface area (Å²) in [5.74, 6) is -0.0361. The van der Waals surface area contributed by atoms with E-state index in [0.29, 0.717) is 32.5 Å². The number of likely N-dealkylation sites (tertiary alicyclic amines) is 1. The van der Waals surface area contributed by atoms with E-state index in [4.69, 9.17) is 9.90 Å². The van der Waals surface area contributed by atoms with Gasteiger partial charge in [0.05, 0.1) is 12.7 Å². The van der Waals surface area contributed by atoms with Gasteiger partial charge in [0.1, 0.15) is 0 Å². The Balaban J connectivity index is 0.00000114. The normalized spacial score (nSPS) is 21.9. The average Bonchev–Trinajstić information content (AvgIpc) is 2.64. The van der Waals surface area contributed by atoms with Gasteiger partial charge < -0.3 is 24.8 Å². The first-order valence-corrected chi connectivity index (χ1v) is 9.16. The van der Waals surface area contributed by atoms with E-state index >= 15 is 0 Å². The van der Waals surface area contributed by atoms with Crippen LogP contribution in [-0.4, -0.2) is 63.0 Å². The van der Waals surface area contributed by atoms with Crippen LogP contribution in [0.25, 0.3) is 0 Å². The van der Waals surface area contributed by atoms with E-state index in [1.54, 1.807) is 15.5 Å². The number of aliphatic hydroxyl groups is 2. The second kappa shape index (κ2) is 10.8. The van der Waals surface area contributed by atoms with Crippen LogP contribution in [0.1, 0.15) is 38.3 Å². The van der Waals surface area contributed by atoms with Crippen molar-refractivity contribution >= 4 is 12.4 Å². The molecule has 8 heteroatoms.